The van der Waals surface area contributed by atoms with Crippen molar-refractivity contribution in [1.29, 1.82) is 0 Å². The van der Waals surface area contributed by atoms with Crippen LogP contribution in [0.4, 0.5) is 0 Å². The van der Waals surface area contributed by atoms with Crippen molar-refractivity contribution in [3.05, 3.63) is 0 Å². The zero-order valence-electron chi connectivity index (χ0n) is 9.12. The third-order valence-electron chi connectivity index (χ3n) is 4.85. The van der Waals surface area contributed by atoms with Gasteiger partial charge in [-0.25, -0.2) is 0 Å². The van der Waals surface area contributed by atoms with E-state index in [1.54, 1.807) is 0 Å². The average Bonchev–Trinajstić information content (AvgIpc) is 2.45. The summed E-state index contributed by atoms with van der Waals surface area (Å²) in [5.74, 6) is 0.747. The van der Waals surface area contributed by atoms with Crippen molar-refractivity contribution in [1.82, 2.24) is 0 Å². The molecule has 1 N–H and O–H groups in total. The highest BCUT2D eigenvalue weighted by Crippen LogP contribution is 2.56. The summed E-state index contributed by atoms with van der Waals surface area (Å²) < 4.78 is 0. The Morgan fingerprint density at radius 2 is 2.14 bits per heavy atom. The topological polar surface area (TPSA) is 37.3 Å². The Morgan fingerprint density at radius 1 is 1.43 bits per heavy atom. The van der Waals surface area contributed by atoms with E-state index in [9.17, 15) is 4.79 Å². The van der Waals surface area contributed by atoms with E-state index in [4.69, 9.17) is 5.11 Å². The first kappa shape index (κ1) is 10.0. The van der Waals surface area contributed by atoms with E-state index in [0.717, 1.165) is 12.8 Å². The summed E-state index contributed by atoms with van der Waals surface area (Å²) in [5.41, 5.74) is 0.321. The molecule has 0 aromatic heterocycles. The van der Waals surface area contributed by atoms with Gasteiger partial charge in [0.1, 0.15) is 0 Å². The van der Waals surface area contributed by atoms with Crippen molar-refractivity contribution in [2.24, 2.45) is 23.2 Å². The molecule has 2 heteroatoms. The maximum absolute atomic E-state index is 11.0. The molecule has 0 saturated heterocycles. The maximum atomic E-state index is 11.0. The lowest BCUT2D eigenvalue weighted by Gasteiger charge is -2.42. The first-order chi connectivity index (χ1) is 6.54. The summed E-state index contributed by atoms with van der Waals surface area (Å²) in [6.07, 6.45) is 5.68. The number of carboxylic acids is 1. The van der Waals surface area contributed by atoms with Gasteiger partial charge in [-0.05, 0) is 36.5 Å². The van der Waals surface area contributed by atoms with E-state index in [1.807, 2.05) is 0 Å². The van der Waals surface area contributed by atoms with Gasteiger partial charge in [0.2, 0.25) is 0 Å². The van der Waals surface area contributed by atoms with Gasteiger partial charge in [-0.1, -0.05) is 26.7 Å². The van der Waals surface area contributed by atoms with Gasteiger partial charge in [0.05, 0.1) is 5.92 Å². The van der Waals surface area contributed by atoms with Crippen LogP contribution in [0.25, 0.3) is 0 Å². The number of rotatable bonds is 1. The second-order valence-electron chi connectivity index (χ2n) is 5.51. The van der Waals surface area contributed by atoms with Crippen LogP contribution in [0, 0.1) is 23.2 Å². The molecule has 4 atom stereocenters. The second kappa shape index (κ2) is 3.25. The number of carboxylic acid groups (broad SMARTS) is 1. The van der Waals surface area contributed by atoms with Crippen LogP contribution in [-0.2, 0) is 4.79 Å². The molecule has 0 aromatic carbocycles. The Bertz CT molecular complexity index is 249. The summed E-state index contributed by atoms with van der Waals surface area (Å²) in [5, 5.41) is 9.06. The van der Waals surface area contributed by atoms with Crippen LogP contribution < -0.4 is 0 Å². The van der Waals surface area contributed by atoms with Gasteiger partial charge in [0.15, 0.2) is 0 Å². The summed E-state index contributed by atoms with van der Waals surface area (Å²) in [4.78, 5) is 11.0. The molecule has 0 amide bonds. The Balaban J connectivity index is 2.17. The van der Waals surface area contributed by atoms with Gasteiger partial charge < -0.3 is 5.11 Å². The molecule has 0 bridgehead atoms. The molecule has 14 heavy (non-hydrogen) atoms. The predicted octanol–water partition coefficient (Wildman–Crippen LogP) is 2.92. The molecular weight excluding hydrogens is 176 g/mol. The van der Waals surface area contributed by atoms with E-state index in [0.29, 0.717) is 17.3 Å². The van der Waals surface area contributed by atoms with Gasteiger partial charge in [-0.3, -0.25) is 4.79 Å². The monoisotopic (exact) mass is 196 g/mol. The molecule has 0 heterocycles. The SMILES string of the molecule is C[C@H]1CCC[C@H]2CC(C(=O)O)C[C@@]21C. The molecule has 2 fully saturated rings. The van der Waals surface area contributed by atoms with Gasteiger partial charge in [-0.2, -0.15) is 0 Å². The van der Waals surface area contributed by atoms with Crippen LogP contribution in [-0.4, -0.2) is 11.1 Å². The smallest absolute Gasteiger partial charge is 0.306 e. The fourth-order valence-electron chi connectivity index (χ4n) is 3.63. The highest BCUT2D eigenvalue weighted by Gasteiger charge is 2.50. The summed E-state index contributed by atoms with van der Waals surface area (Å²) in [7, 11) is 0. The third kappa shape index (κ3) is 1.35. The molecule has 2 nitrogen and oxygen atoms in total. The quantitative estimate of drug-likeness (QED) is 0.700. The molecule has 0 radical (unpaired) electrons. The third-order valence-corrected chi connectivity index (χ3v) is 4.85. The fraction of sp³-hybridized carbons (Fsp3) is 0.917. The van der Waals surface area contributed by atoms with Crippen LogP contribution in [0.1, 0.15) is 46.0 Å². The molecule has 80 valence electrons. The lowest BCUT2D eigenvalue weighted by molar-refractivity contribution is -0.141. The zero-order chi connectivity index (χ0) is 10.3. The van der Waals surface area contributed by atoms with Crippen molar-refractivity contribution in [3.8, 4) is 0 Å². The molecule has 2 aliphatic carbocycles. The van der Waals surface area contributed by atoms with Crippen molar-refractivity contribution >= 4 is 5.97 Å². The second-order valence-corrected chi connectivity index (χ2v) is 5.51. The van der Waals surface area contributed by atoms with E-state index in [2.05, 4.69) is 13.8 Å². The van der Waals surface area contributed by atoms with E-state index < -0.39 is 5.97 Å². The number of aliphatic carboxylic acids is 1. The number of hydrogen-bond acceptors (Lipinski definition) is 1. The zero-order valence-corrected chi connectivity index (χ0v) is 9.12. The Labute approximate surface area is 85.7 Å². The molecule has 2 rings (SSSR count). The maximum Gasteiger partial charge on any atom is 0.306 e. The average molecular weight is 196 g/mol. The summed E-state index contributed by atoms with van der Waals surface area (Å²) in [6, 6.07) is 0. The van der Waals surface area contributed by atoms with Crippen LogP contribution >= 0.6 is 0 Å². The molecule has 0 aromatic rings. The number of carbonyl (C=O) groups is 1. The van der Waals surface area contributed by atoms with Crippen LogP contribution in [0.5, 0.6) is 0 Å². The summed E-state index contributed by atoms with van der Waals surface area (Å²) >= 11 is 0. The Hall–Kier alpha value is -0.530. The highest BCUT2D eigenvalue weighted by atomic mass is 16.4. The highest BCUT2D eigenvalue weighted by molar-refractivity contribution is 5.70. The predicted molar refractivity (Wildman–Crippen MR) is 55.0 cm³/mol. The first-order valence-corrected chi connectivity index (χ1v) is 5.77. The summed E-state index contributed by atoms with van der Waals surface area (Å²) in [6.45, 7) is 4.61. The van der Waals surface area contributed by atoms with E-state index >= 15 is 0 Å². The normalized spacial score (nSPS) is 47.4. The molecule has 0 spiro atoms. The molecular formula is C12H20O2. The number of hydrogen-bond donors (Lipinski definition) is 1. The van der Waals surface area contributed by atoms with Gasteiger partial charge in [-0.15, -0.1) is 0 Å². The van der Waals surface area contributed by atoms with Gasteiger partial charge in [0.25, 0.3) is 0 Å². The lowest BCUT2D eigenvalue weighted by atomic mass is 9.63. The van der Waals surface area contributed by atoms with Crippen LogP contribution in [0.2, 0.25) is 0 Å². The molecule has 1 unspecified atom stereocenters. The van der Waals surface area contributed by atoms with Crippen molar-refractivity contribution in [2.45, 2.75) is 46.0 Å². The Kier molecular flexibility index (Phi) is 2.32. The Morgan fingerprint density at radius 3 is 2.71 bits per heavy atom. The molecule has 2 aliphatic rings. The van der Waals surface area contributed by atoms with Gasteiger partial charge >= 0.3 is 5.97 Å². The standard InChI is InChI=1S/C12H20O2/c1-8-4-3-5-10-6-9(11(13)14)7-12(8,10)2/h8-10H,3-7H2,1-2H3,(H,13,14)/t8-,9?,10-,12+/m0/s1. The minimum Gasteiger partial charge on any atom is -0.481 e. The molecule has 0 aliphatic heterocycles. The largest absolute Gasteiger partial charge is 0.481 e. The molecule has 2 saturated carbocycles. The van der Waals surface area contributed by atoms with Crippen LogP contribution in [0.3, 0.4) is 0 Å². The van der Waals surface area contributed by atoms with E-state index in [1.165, 1.54) is 19.3 Å². The minimum atomic E-state index is -0.576. The van der Waals surface area contributed by atoms with Crippen LogP contribution in [0.15, 0.2) is 0 Å². The number of fused-ring (bicyclic) bond motifs is 1. The lowest BCUT2D eigenvalue weighted by Crippen LogP contribution is -2.33. The fourth-order valence-corrected chi connectivity index (χ4v) is 3.63. The first-order valence-electron chi connectivity index (χ1n) is 5.77. The van der Waals surface area contributed by atoms with Gasteiger partial charge in [0, 0.05) is 0 Å². The van der Waals surface area contributed by atoms with Crippen molar-refractivity contribution in [2.75, 3.05) is 0 Å². The van der Waals surface area contributed by atoms with E-state index in [-0.39, 0.29) is 5.92 Å². The van der Waals surface area contributed by atoms with Crippen molar-refractivity contribution in [3.63, 3.8) is 0 Å². The minimum absolute atomic E-state index is 0.0643. The van der Waals surface area contributed by atoms with Crippen molar-refractivity contribution < 1.29 is 9.90 Å².